The normalized spacial score (nSPS) is 19.4. The van der Waals surface area contributed by atoms with Crippen molar-refractivity contribution in [2.45, 2.75) is 64.6 Å². The SMILES string of the molecule is C=Cc1nc(OC2CCC3(CC2)CN(C(=O)OC(C)(C)C)C3)ccc1C(F)F. The van der Waals surface area contributed by atoms with Crippen LogP contribution >= 0.6 is 0 Å². The predicted octanol–water partition coefficient (Wildman–Crippen LogP) is 5.22. The maximum absolute atomic E-state index is 12.9. The number of nitrogens with zero attached hydrogens (tertiary/aromatic N) is 2. The number of likely N-dealkylation sites (tertiary alicyclic amines) is 1. The van der Waals surface area contributed by atoms with E-state index in [0.29, 0.717) is 5.88 Å². The van der Waals surface area contributed by atoms with Gasteiger partial charge in [0.15, 0.2) is 0 Å². The smallest absolute Gasteiger partial charge is 0.410 e. The highest BCUT2D eigenvalue weighted by Crippen LogP contribution is 2.45. The number of pyridine rings is 1. The third-order valence-electron chi connectivity index (χ3n) is 5.35. The van der Waals surface area contributed by atoms with E-state index >= 15 is 0 Å². The van der Waals surface area contributed by atoms with Gasteiger partial charge in [-0.05, 0) is 58.6 Å². The van der Waals surface area contributed by atoms with Gasteiger partial charge in [0.1, 0.15) is 11.7 Å². The second-order valence-corrected chi connectivity index (χ2v) is 8.78. The first-order valence-corrected chi connectivity index (χ1v) is 9.67. The van der Waals surface area contributed by atoms with Crippen molar-refractivity contribution in [3.05, 3.63) is 30.0 Å². The molecule has 0 aromatic carbocycles. The molecule has 1 aliphatic carbocycles. The van der Waals surface area contributed by atoms with E-state index in [1.165, 1.54) is 18.2 Å². The average Bonchev–Trinajstić information content (AvgIpc) is 2.58. The molecule has 1 spiro atoms. The Kier molecular flexibility index (Phi) is 5.64. The summed E-state index contributed by atoms with van der Waals surface area (Å²) in [5, 5.41) is 0. The number of carbonyl (C=O) groups is 1. The molecule has 28 heavy (non-hydrogen) atoms. The molecule has 0 radical (unpaired) electrons. The summed E-state index contributed by atoms with van der Waals surface area (Å²) >= 11 is 0. The highest BCUT2D eigenvalue weighted by molar-refractivity contribution is 5.69. The monoisotopic (exact) mass is 394 g/mol. The van der Waals surface area contributed by atoms with Crippen LogP contribution in [0.3, 0.4) is 0 Å². The lowest BCUT2D eigenvalue weighted by Gasteiger charge is -2.52. The van der Waals surface area contributed by atoms with Gasteiger partial charge in [-0.15, -0.1) is 0 Å². The van der Waals surface area contributed by atoms with Gasteiger partial charge in [-0.1, -0.05) is 6.58 Å². The maximum Gasteiger partial charge on any atom is 0.410 e. The van der Waals surface area contributed by atoms with Crippen molar-refractivity contribution in [1.82, 2.24) is 9.88 Å². The Morgan fingerprint density at radius 3 is 2.50 bits per heavy atom. The van der Waals surface area contributed by atoms with Crippen LogP contribution in [0, 0.1) is 5.41 Å². The number of hydrogen-bond acceptors (Lipinski definition) is 4. The van der Waals surface area contributed by atoms with Crippen LogP contribution in [-0.4, -0.2) is 40.8 Å². The summed E-state index contributed by atoms with van der Waals surface area (Å²) in [7, 11) is 0. The first-order valence-electron chi connectivity index (χ1n) is 9.67. The van der Waals surface area contributed by atoms with E-state index in [0.717, 1.165) is 38.8 Å². The van der Waals surface area contributed by atoms with Crippen molar-refractivity contribution in [3.63, 3.8) is 0 Å². The highest BCUT2D eigenvalue weighted by Gasteiger charge is 2.48. The molecule has 0 N–H and O–H groups in total. The van der Waals surface area contributed by atoms with E-state index in [-0.39, 0.29) is 28.9 Å². The number of hydrogen-bond donors (Lipinski definition) is 0. The molecule has 2 fully saturated rings. The lowest BCUT2D eigenvalue weighted by molar-refractivity contribution is -0.0610. The fraction of sp³-hybridized carbons (Fsp3) is 0.619. The summed E-state index contributed by atoms with van der Waals surface area (Å²) in [5.74, 6) is 0.351. The lowest BCUT2D eigenvalue weighted by atomic mass is 9.68. The number of aromatic nitrogens is 1. The molecule has 0 bridgehead atoms. The van der Waals surface area contributed by atoms with Crippen molar-refractivity contribution in [3.8, 4) is 5.88 Å². The van der Waals surface area contributed by atoms with Crippen LogP contribution in [0.1, 0.15) is 64.1 Å². The van der Waals surface area contributed by atoms with Gasteiger partial charge in [-0.3, -0.25) is 0 Å². The van der Waals surface area contributed by atoms with Gasteiger partial charge in [-0.25, -0.2) is 18.6 Å². The molecule has 1 saturated heterocycles. The molecule has 1 aromatic heterocycles. The Labute approximate surface area is 164 Å². The van der Waals surface area contributed by atoms with Crippen LogP contribution in [0.4, 0.5) is 13.6 Å². The topological polar surface area (TPSA) is 51.7 Å². The van der Waals surface area contributed by atoms with Gasteiger partial charge in [0.05, 0.1) is 5.69 Å². The zero-order valence-electron chi connectivity index (χ0n) is 16.7. The number of alkyl halides is 2. The van der Waals surface area contributed by atoms with Crippen molar-refractivity contribution in [2.24, 2.45) is 5.41 Å². The van der Waals surface area contributed by atoms with Crippen molar-refractivity contribution in [1.29, 1.82) is 0 Å². The zero-order valence-corrected chi connectivity index (χ0v) is 16.7. The van der Waals surface area contributed by atoms with Gasteiger partial charge in [0.25, 0.3) is 6.43 Å². The Morgan fingerprint density at radius 2 is 1.96 bits per heavy atom. The highest BCUT2D eigenvalue weighted by atomic mass is 19.3. The summed E-state index contributed by atoms with van der Waals surface area (Å²) in [6.07, 6.45) is 2.11. The summed E-state index contributed by atoms with van der Waals surface area (Å²) in [6.45, 7) is 10.6. The van der Waals surface area contributed by atoms with E-state index in [9.17, 15) is 13.6 Å². The lowest BCUT2D eigenvalue weighted by Crippen LogP contribution is -2.60. The molecule has 5 nitrogen and oxygen atoms in total. The molecule has 0 atom stereocenters. The fourth-order valence-corrected chi connectivity index (χ4v) is 3.91. The maximum atomic E-state index is 12.9. The predicted molar refractivity (Wildman–Crippen MR) is 102 cm³/mol. The Bertz CT molecular complexity index is 730. The summed E-state index contributed by atoms with van der Waals surface area (Å²) in [4.78, 5) is 18.0. The first-order chi connectivity index (χ1) is 13.1. The van der Waals surface area contributed by atoms with Gasteiger partial charge in [0.2, 0.25) is 5.88 Å². The average molecular weight is 394 g/mol. The fourth-order valence-electron chi connectivity index (χ4n) is 3.91. The third-order valence-corrected chi connectivity index (χ3v) is 5.35. The molecule has 0 unspecified atom stereocenters. The Balaban J connectivity index is 1.50. The molecule has 1 aliphatic heterocycles. The van der Waals surface area contributed by atoms with Crippen molar-refractivity contribution >= 4 is 12.2 Å². The molecule has 2 heterocycles. The molecule has 154 valence electrons. The second-order valence-electron chi connectivity index (χ2n) is 8.78. The molecule has 1 aromatic rings. The minimum atomic E-state index is -2.59. The minimum absolute atomic E-state index is 0.00349. The number of amides is 1. The van der Waals surface area contributed by atoms with Gasteiger partial charge < -0.3 is 14.4 Å². The van der Waals surface area contributed by atoms with Crippen LogP contribution in [0.2, 0.25) is 0 Å². The van der Waals surface area contributed by atoms with Crippen molar-refractivity contribution in [2.75, 3.05) is 13.1 Å². The molecule has 3 rings (SSSR count). The largest absolute Gasteiger partial charge is 0.474 e. The van der Waals surface area contributed by atoms with E-state index in [4.69, 9.17) is 9.47 Å². The number of ether oxygens (including phenoxy) is 2. The standard InChI is InChI=1S/C21H28F2N2O3/c1-5-16-15(18(22)23)6-7-17(24-16)27-14-8-10-21(11-9-14)12-25(13-21)19(26)28-20(2,3)4/h5-7,14,18H,1,8-13H2,2-4H3. The van der Waals surface area contributed by atoms with E-state index < -0.39 is 12.0 Å². The number of halogens is 2. The van der Waals surface area contributed by atoms with Gasteiger partial charge in [-0.2, -0.15) is 0 Å². The van der Waals surface area contributed by atoms with E-state index in [1.54, 1.807) is 4.90 Å². The van der Waals surface area contributed by atoms with Crippen LogP contribution in [0.15, 0.2) is 18.7 Å². The van der Waals surface area contributed by atoms with Crippen LogP contribution < -0.4 is 4.74 Å². The molecular weight excluding hydrogens is 366 g/mol. The van der Waals surface area contributed by atoms with Crippen LogP contribution in [0.5, 0.6) is 5.88 Å². The Hall–Kier alpha value is -2.18. The molecule has 7 heteroatoms. The first kappa shape index (κ1) is 20.6. The summed E-state index contributed by atoms with van der Waals surface area (Å²) < 4.78 is 37.2. The third kappa shape index (κ3) is 4.62. The Morgan fingerprint density at radius 1 is 1.32 bits per heavy atom. The minimum Gasteiger partial charge on any atom is -0.474 e. The molecule has 2 aliphatic rings. The van der Waals surface area contributed by atoms with Gasteiger partial charge >= 0.3 is 6.09 Å². The van der Waals surface area contributed by atoms with Crippen molar-refractivity contribution < 1.29 is 23.0 Å². The van der Waals surface area contributed by atoms with E-state index in [1.807, 2.05) is 20.8 Å². The van der Waals surface area contributed by atoms with Crippen LogP contribution in [-0.2, 0) is 4.74 Å². The summed E-state index contributed by atoms with van der Waals surface area (Å²) in [6, 6.07) is 2.84. The van der Waals surface area contributed by atoms with Crippen LogP contribution in [0.25, 0.3) is 6.08 Å². The molecule has 1 saturated carbocycles. The molecular formula is C21H28F2N2O3. The summed E-state index contributed by atoms with van der Waals surface area (Å²) in [5.41, 5.74) is -0.313. The zero-order chi connectivity index (χ0) is 20.5. The quantitative estimate of drug-likeness (QED) is 0.702. The molecule has 1 amide bonds. The second kappa shape index (κ2) is 7.68. The van der Waals surface area contributed by atoms with E-state index in [2.05, 4.69) is 11.6 Å². The number of rotatable bonds is 4. The number of carbonyl (C=O) groups excluding carboxylic acids is 1. The van der Waals surface area contributed by atoms with Gasteiger partial charge in [0, 0.05) is 30.1 Å².